The summed E-state index contributed by atoms with van der Waals surface area (Å²) < 4.78 is 7.92. The molecule has 132 valence electrons. The molecule has 1 N–H and O–H groups in total. The van der Waals surface area contributed by atoms with Crippen molar-refractivity contribution < 1.29 is 9.84 Å². The molecule has 7 heteroatoms. The van der Waals surface area contributed by atoms with Crippen molar-refractivity contribution >= 4 is 49.3 Å². The van der Waals surface area contributed by atoms with Crippen molar-refractivity contribution in [2.24, 2.45) is 0 Å². The van der Waals surface area contributed by atoms with E-state index in [2.05, 4.69) is 27.0 Å². The zero-order chi connectivity index (χ0) is 18.6. The zero-order valence-electron chi connectivity index (χ0n) is 14.3. The molecule has 0 saturated heterocycles. The highest BCUT2D eigenvalue weighted by Gasteiger charge is 2.14. The Morgan fingerprint density at radius 1 is 1.27 bits per heavy atom. The van der Waals surface area contributed by atoms with E-state index in [1.807, 2.05) is 19.9 Å². The van der Waals surface area contributed by atoms with Crippen LogP contribution in [0, 0.1) is 13.8 Å². The lowest BCUT2D eigenvalue weighted by Gasteiger charge is -2.06. The van der Waals surface area contributed by atoms with Gasteiger partial charge in [0.25, 0.3) is 5.56 Å². The van der Waals surface area contributed by atoms with Gasteiger partial charge in [-0.3, -0.25) is 4.79 Å². The molecule has 0 amide bonds. The average molecular weight is 431 g/mol. The molecule has 0 unspecified atom stereocenters. The van der Waals surface area contributed by atoms with Crippen LogP contribution in [-0.2, 0) is 0 Å². The Kier molecular flexibility index (Phi) is 4.00. The zero-order valence-corrected chi connectivity index (χ0v) is 16.7. The van der Waals surface area contributed by atoms with Gasteiger partial charge >= 0.3 is 0 Å². The summed E-state index contributed by atoms with van der Waals surface area (Å²) in [6.45, 7) is 4.01. The third-order valence-corrected chi connectivity index (χ3v) is 5.82. The molecule has 26 heavy (non-hydrogen) atoms. The molecule has 0 aliphatic heterocycles. The van der Waals surface area contributed by atoms with Crippen LogP contribution in [-0.4, -0.2) is 21.6 Å². The Morgan fingerprint density at radius 2 is 2.04 bits per heavy atom. The summed E-state index contributed by atoms with van der Waals surface area (Å²) in [4.78, 5) is 18.3. The summed E-state index contributed by atoms with van der Waals surface area (Å²) in [6, 6.07) is 7.48. The van der Waals surface area contributed by atoms with Crippen LogP contribution in [0.5, 0.6) is 11.5 Å². The van der Waals surface area contributed by atoms with Gasteiger partial charge in [0, 0.05) is 0 Å². The van der Waals surface area contributed by atoms with Gasteiger partial charge in [0.1, 0.15) is 0 Å². The highest BCUT2D eigenvalue weighted by Crippen LogP contribution is 2.35. The molecule has 2 heterocycles. The first-order valence-electron chi connectivity index (χ1n) is 7.89. The highest BCUT2D eigenvalue weighted by atomic mass is 79.9. The Balaban J connectivity index is 1.99. The summed E-state index contributed by atoms with van der Waals surface area (Å²) in [5.41, 5.74) is 4.51. The summed E-state index contributed by atoms with van der Waals surface area (Å²) in [5.74, 6) is 0.376. The van der Waals surface area contributed by atoms with E-state index < -0.39 is 0 Å². The number of methoxy groups -OCH3 is 1. The summed E-state index contributed by atoms with van der Waals surface area (Å²) >= 11 is 4.65. The van der Waals surface area contributed by atoms with Crippen molar-refractivity contribution in [2.45, 2.75) is 13.8 Å². The number of halogens is 1. The maximum Gasteiger partial charge on any atom is 0.274 e. The van der Waals surface area contributed by atoms with Gasteiger partial charge in [0.05, 0.1) is 27.1 Å². The van der Waals surface area contributed by atoms with Crippen molar-refractivity contribution in [3.05, 3.63) is 60.3 Å². The van der Waals surface area contributed by atoms with E-state index in [1.54, 1.807) is 22.6 Å². The fourth-order valence-electron chi connectivity index (χ4n) is 3.09. The number of benzene rings is 2. The van der Waals surface area contributed by atoms with Gasteiger partial charge in [0.2, 0.25) is 0 Å². The Hall–Kier alpha value is -2.38. The lowest BCUT2D eigenvalue weighted by Crippen LogP contribution is -2.22. The van der Waals surface area contributed by atoms with Crippen LogP contribution in [0.3, 0.4) is 0 Å². The van der Waals surface area contributed by atoms with E-state index in [-0.39, 0.29) is 11.3 Å². The lowest BCUT2D eigenvalue weighted by molar-refractivity contribution is 0.372. The number of hydrogen-bond donors (Lipinski definition) is 1. The number of phenols is 1. The average Bonchev–Trinajstić information content (AvgIpc) is 3.08. The van der Waals surface area contributed by atoms with Gasteiger partial charge in [-0.05, 0) is 70.7 Å². The Morgan fingerprint density at radius 3 is 2.77 bits per heavy atom. The molecular weight excluding hydrogens is 416 g/mol. The monoisotopic (exact) mass is 430 g/mol. The van der Waals surface area contributed by atoms with Gasteiger partial charge in [-0.2, -0.15) is 0 Å². The molecule has 4 aromatic rings. The van der Waals surface area contributed by atoms with Gasteiger partial charge < -0.3 is 9.84 Å². The van der Waals surface area contributed by atoms with E-state index in [4.69, 9.17) is 4.74 Å². The smallest absolute Gasteiger partial charge is 0.274 e. The van der Waals surface area contributed by atoms with Crippen molar-refractivity contribution in [1.29, 1.82) is 0 Å². The van der Waals surface area contributed by atoms with E-state index in [0.717, 1.165) is 27.7 Å². The third-order valence-electron chi connectivity index (χ3n) is 4.25. The largest absolute Gasteiger partial charge is 0.503 e. The summed E-state index contributed by atoms with van der Waals surface area (Å²) in [5, 5.41) is 9.94. The SMILES string of the molecule is COc1cc(/C=c2\sc3nc4c(C)cc(C)cc4n3c2=O)cc(Br)c1O. The Bertz CT molecular complexity index is 1290. The van der Waals surface area contributed by atoms with Crippen LogP contribution in [0.2, 0.25) is 0 Å². The predicted molar refractivity (Wildman–Crippen MR) is 107 cm³/mol. The minimum Gasteiger partial charge on any atom is -0.503 e. The van der Waals surface area contributed by atoms with Crippen molar-refractivity contribution in [3.63, 3.8) is 0 Å². The fourth-order valence-corrected chi connectivity index (χ4v) is 4.53. The molecule has 0 radical (unpaired) electrons. The maximum atomic E-state index is 12.9. The van der Waals surface area contributed by atoms with E-state index in [9.17, 15) is 9.90 Å². The molecule has 2 aromatic heterocycles. The quantitative estimate of drug-likeness (QED) is 0.528. The molecule has 0 fully saturated rings. The van der Waals surface area contributed by atoms with Gasteiger partial charge in [-0.25, -0.2) is 9.38 Å². The topological polar surface area (TPSA) is 63.8 Å². The number of nitrogens with zero attached hydrogens (tertiary/aromatic N) is 2. The van der Waals surface area contributed by atoms with Crippen LogP contribution in [0.25, 0.3) is 22.1 Å². The van der Waals surface area contributed by atoms with E-state index >= 15 is 0 Å². The van der Waals surface area contributed by atoms with Gasteiger partial charge in [-0.1, -0.05) is 17.4 Å². The normalized spacial score (nSPS) is 12.4. The van der Waals surface area contributed by atoms with Crippen molar-refractivity contribution in [2.75, 3.05) is 7.11 Å². The number of rotatable bonds is 2. The number of thiazole rings is 1. The number of aromatic nitrogens is 2. The molecule has 0 bridgehead atoms. The minimum atomic E-state index is -0.0966. The molecule has 4 rings (SSSR count). The molecular formula is C19H15BrN2O3S. The molecule has 0 atom stereocenters. The number of hydrogen-bond acceptors (Lipinski definition) is 5. The first-order chi connectivity index (χ1) is 12.4. The van der Waals surface area contributed by atoms with Gasteiger partial charge in [0.15, 0.2) is 16.5 Å². The standard InChI is InChI=1S/C19H15BrN2O3S/c1-9-4-10(2)16-13(5-9)22-18(24)15(26-19(22)21-16)8-11-6-12(20)17(23)14(7-11)25-3/h4-8,23H,1-3H3/b15-8-. The maximum absolute atomic E-state index is 12.9. The molecule has 0 aliphatic rings. The number of aromatic hydroxyl groups is 1. The van der Waals surface area contributed by atoms with Crippen molar-refractivity contribution in [3.8, 4) is 11.5 Å². The Labute approximate surface area is 161 Å². The van der Waals surface area contributed by atoms with Crippen LogP contribution in [0.15, 0.2) is 33.5 Å². The van der Waals surface area contributed by atoms with Crippen LogP contribution in [0.4, 0.5) is 0 Å². The number of imidazole rings is 1. The fraction of sp³-hybridized carbons (Fsp3) is 0.158. The van der Waals surface area contributed by atoms with Crippen LogP contribution >= 0.6 is 27.3 Å². The highest BCUT2D eigenvalue weighted by molar-refractivity contribution is 9.10. The number of phenolic OH excluding ortho intramolecular Hbond substituents is 1. The van der Waals surface area contributed by atoms with E-state index in [0.29, 0.717) is 19.7 Å². The van der Waals surface area contributed by atoms with Crippen molar-refractivity contribution in [1.82, 2.24) is 9.38 Å². The first-order valence-corrected chi connectivity index (χ1v) is 9.50. The minimum absolute atomic E-state index is 0.0323. The second-order valence-corrected chi connectivity index (χ2v) is 8.01. The second-order valence-electron chi connectivity index (χ2n) is 6.15. The predicted octanol–water partition coefficient (Wildman–Crippen LogP) is 3.55. The van der Waals surface area contributed by atoms with Crippen LogP contribution < -0.4 is 14.8 Å². The summed E-state index contributed by atoms with van der Waals surface area (Å²) in [7, 11) is 1.49. The summed E-state index contributed by atoms with van der Waals surface area (Å²) in [6.07, 6.45) is 1.78. The van der Waals surface area contributed by atoms with E-state index in [1.165, 1.54) is 18.4 Å². The number of aryl methyl sites for hydroxylation is 2. The molecule has 2 aromatic carbocycles. The molecule has 0 spiro atoms. The number of ether oxygens (including phenoxy) is 1. The van der Waals surface area contributed by atoms with Crippen LogP contribution in [0.1, 0.15) is 16.7 Å². The number of fused-ring (bicyclic) bond motifs is 3. The second kappa shape index (κ2) is 6.10. The third kappa shape index (κ3) is 2.59. The lowest BCUT2D eigenvalue weighted by atomic mass is 10.1. The van der Waals surface area contributed by atoms with Gasteiger partial charge in [-0.15, -0.1) is 0 Å². The first kappa shape index (κ1) is 17.1. The molecule has 0 saturated carbocycles. The molecule has 5 nitrogen and oxygen atoms in total. The molecule has 0 aliphatic carbocycles.